The average Bonchev–Trinajstić information content (AvgIpc) is 3.52. The molecule has 0 saturated carbocycles. The van der Waals surface area contributed by atoms with Gasteiger partial charge in [0, 0.05) is 10.6 Å². The molecule has 35 heavy (non-hydrogen) atoms. The molecule has 0 unspecified atom stereocenters. The lowest BCUT2D eigenvalue weighted by atomic mass is 10.2. The number of rotatable bonds is 7. The smallest absolute Gasteiger partial charge is 0.168 e. The molecule has 0 aliphatic heterocycles. The van der Waals surface area contributed by atoms with Gasteiger partial charge in [-0.05, 0) is 67.1 Å². The van der Waals surface area contributed by atoms with E-state index in [9.17, 15) is 8.42 Å². The normalized spacial score (nSPS) is 11.2. The third-order valence-corrected chi connectivity index (χ3v) is 7.49. The van der Waals surface area contributed by atoms with E-state index in [1.54, 1.807) is 35.7 Å². The molecule has 0 radical (unpaired) electrons. The monoisotopic (exact) mass is 521 g/mol. The van der Waals surface area contributed by atoms with Gasteiger partial charge in [0.15, 0.2) is 10.7 Å². The summed E-state index contributed by atoms with van der Waals surface area (Å²) < 4.78 is 30.6. The fraction of sp³-hybridized carbons (Fsp3) is 0.0769. The van der Waals surface area contributed by atoms with Crippen molar-refractivity contribution in [1.82, 2.24) is 14.8 Å². The van der Waals surface area contributed by atoms with Crippen LogP contribution >= 0.6 is 22.9 Å². The van der Waals surface area contributed by atoms with Crippen molar-refractivity contribution in [2.24, 2.45) is 0 Å². The Morgan fingerprint density at radius 2 is 1.80 bits per heavy atom. The van der Waals surface area contributed by atoms with E-state index in [4.69, 9.17) is 21.4 Å². The van der Waals surface area contributed by atoms with Crippen LogP contribution in [0, 0.1) is 6.92 Å². The van der Waals surface area contributed by atoms with Crippen LogP contribution < -0.4 is 4.74 Å². The fourth-order valence-electron chi connectivity index (χ4n) is 3.58. The van der Waals surface area contributed by atoms with Crippen LogP contribution in [0.1, 0.15) is 11.4 Å². The zero-order valence-corrected chi connectivity index (χ0v) is 21.1. The number of ether oxygens (including phenoxy) is 1. The highest BCUT2D eigenvalue weighted by molar-refractivity contribution is 7.72. The van der Waals surface area contributed by atoms with Gasteiger partial charge >= 0.3 is 0 Å². The number of thiol groups is 1. The van der Waals surface area contributed by atoms with Crippen LogP contribution in [0.25, 0.3) is 26.7 Å². The lowest BCUT2D eigenvalue weighted by Crippen LogP contribution is -2.01. The number of aryl methyl sites for hydroxylation is 1. The zero-order chi connectivity index (χ0) is 24.4. The maximum Gasteiger partial charge on any atom is 0.168 e. The summed E-state index contributed by atoms with van der Waals surface area (Å²) in [5.41, 5.74) is 4.12. The van der Waals surface area contributed by atoms with Gasteiger partial charge in [0.2, 0.25) is 0 Å². The van der Waals surface area contributed by atoms with Crippen LogP contribution in [0.3, 0.4) is 0 Å². The summed E-state index contributed by atoms with van der Waals surface area (Å²) in [5, 5.41) is 5.36. The second-order valence-corrected chi connectivity index (χ2v) is 10.3. The van der Waals surface area contributed by atoms with E-state index >= 15 is 0 Å². The van der Waals surface area contributed by atoms with Crippen molar-refractivity contribution in [3.05, 3.63) is 101 Å². The molecule has 0 fully saturated rings. The molecule has 0 saturated heterocycles. The van der Waals surface area contributed by atoms with E-state index < -0.39 is 10.7 Å². The van der Waals surface area contributed by atoms with Gasteiger partial charge in [0.05, 0.1) is 32.4 Å². The molecule has 0 atom stereocenters. The van der Waals surface area contributed by atoms with E-state index in [0.717, 1.165) is 38.1 Å². The number of aromatic nitrogens is 3. The minimum atomic E-state index is -2.64. The predicted molar refractivity (Wildman–Crippen MR) is 139 cm³/mol. The Morgan fingerprint density at radius 3 is 2.57 bits per heavy atom. The summed E-state index contributed by atoms with van der Waals surface area (Å²) in [5.74, 6) is 0.666. The highest BCUT2D eigenvalue weighted by Gasteiger charge is 2.17. The summed E-state index contributed by atoms with van der Waals surface area (Å²) >= 11 is 8.06. The van der Waals surface area contributed by atoms with Gasteiger partial charge in [-0.25, -0.2) is 13.1 Å². The Kier molecular flexibility index (Phi) is 6.68. The first-order valence-corrected chi connectivity index (χ1v) is 13.1. The van der Waals surface area contributed by atoms with E-state index in [1.807, 2.05) is 72.3 Å². The highest BCUT2D eigenvalue weighted by Crippen LogP contribution is 2.37. The van der Waals surface area contributed by atoms with E-state index in [0.29, 0.717) is 15.7 Å². The van der Waals surface area contributed by atoms with Gasteiger partial charge in [-0.15, -0.1) is 11.3 Å². The Hall–Kier alpha value is -3.46. The molecule has 5 rings (SSSR count). The molecular weight excluding hydrogens is 502 g/mol. The lowest BCUT2D eigenvalue weighted by molar-refractivity contribution is 0.299. The van der Waals surface area contributed by atoms with Crippen molar-refractivity contribution in [3.8, 4) is 32.4 Å². The molecule has 3 aromatic heterocycles. The Balaban J connectivity index is 1.52. The largest absolute Gasteiger partial charge is 0.486 e. The molecule has 0 bridgehead atoms. The molecule has 0 aliphatic carbocycles. The summed E-state index contributed by atoms with van der Waals surface area (Å²) in [6.45, 7) is 2.19. The van der Waals surface area contributed by atoms with Crippen molar-refractivity contribution in [3.63, 3.8) is 0 Å². The summed E-state index contributed by atoms with van der Waals surface area (Å²) in [7, 11) is -2.64. The SMILES string of the molecule is Cc1ccc(OCc2cc(-c3ccc(-c4cccc([SH](=O)=O)c4)s3)n(-c3ccccc3Cl)n2)cn1. The minimum Gasteiger partial charge on any atom is -0.486 e. The summed E-state index contributed by atoms with van der Waals surface area (Å²) in [4.78, 5) is 6.47. The van der Waals surface area contributed by atoms with Crippen LogP contribution in [-0.2, 0) is 17.3 Å². The first-order chi connectivity index (χ1) is 17.0. The topological polar surface area (TPSA) is 74.1 Å². The summed E-state index contributed by atoms with van der Waals surface area (Å²) in [6, 6.07) is 24.2. The number of pyridine rings is 1. The molecule has 3 heterocycles. The number of nitrogens with zero attached hydrogens (tertiary/aromatic N) is 3. The molecule has 5 aromatic rings. The first-order valence-electron chi connectivity index (χ1n) is 10.7. The third kappa shape index (κ3) is 5.14. The molecule has 0 N–H and O–H groups in total. The Labute approximate surface area is 213 Å². The zero-order valence-electron chi connectivity index (χ0n) is 18.6. The number of hydrogen-bond acceptors (Lipinski definition) is 6. The van der Waals surface area contributed by atoms with Gasteiger partial charge < -0.3 is 4.74 Å². The second kappa shape index (κ2) is 10.0. The van der Waals surface area contributed by atoms with Gasteiger partial charge in [-0.1, -0.05) is 35.9 Å². The molecule has 2 aromatic carbocycles. The molecule has 0 aliphatic rings. The lowest BCUT2D eigenvalue weighted by Gasteiger charge is -2.08. The van der Waals surface area contributed by atoms with E-state index in [1.165, 1.54) is 0 Å². The molecule has 0 amide bonds. The van der Waals surface area contributed by atoms with Crippen molar-refractivity contribution in [2.75, 3.05) is 0 Å². The molecule has 176 valence electrons. The fourth-order valence-corrected chi connectivity index (χ4v) is 5.26. The maximum atomic E-state index is 11.4. The van der Waals surface area contributed by atoms with Crippen molar-refractivity contribution < 1.29 is 13.2 Å². The molecule has 0 spiro atoms. The number of para-hydroxylation sites is 1. The van der Waals surface area contributed by atoms with Crippen molar-refractivity contribution in [1.29, 1.82) is 0 Å². The number of benzene rings is 2. The minimum absolute atomic E-state index is 0.270. The van der Waals surface area contributed by atoms with Crippen molar-refractivity contribution >= 4 is 33.6 Å². The average molecular weight is 522 g/mol. The van der Waals surface area contributed by atoms with E-state index in [2.05, 4.69) is 4.98 Å². The Morgan fingerprint density at radius 1 is 0.971 bits per heavy atom. The first kappa shape index (κ1) is 23.3. The van der Waals surface area contributed by atoms with Crippen LogP contribution in [0.4, 0.5) is 0 Å². The van der Waals surface area contributed by atoms with Gasteiger partial charge in [-0.3, -0.25) is 4.98 Å². The van der Waals surface area contributed by atoms with Gasteiger partial charge in [0.1, 0.15) is 18.1 Å². The van der Waals surface area contributed by atoms with Gasteiger partial charge in [0.25, 0.3) is 0 Å². The molecular formula is C26H20ClN3O3S2. The number of halogens is 1. The molecule has 9 heteroatoms. The summed E-state index contributed by atoms with van der Waals surface area (Å²) in [6.07, 6.45) is 1.69. The standard InChI is InChI=1S/C26H20ClN3O3S2/c1-17-9-10-20(15-28-17)33-16-19-14-24(30(29-19)23-8-3-2-7-22(23)27)26-12-11-25(34-26)18-5-4-6-21(13-18)35(31)32/h2-15,35H,16H2,1H3. The Bertz CT molecular complexity index is 1570. The van der Waals surface area contributed by atoms with E-state index in [-0.39, 0.29) is 6.61 Å². The van der Waals surface area contributed by atoms with Crippen molar-refractivity contribution in [2.45, 2.75) is 18.4 Å². The number of thiophene rings is 1. The highest BCUT2D eigenvalue weighted by atomic mass is 35.5. The molecule has 6 nitrogen and oxygen atoms in total. The van der Waals surface area contributed by atoms with Crippen LogP contribution in [-0.4, -0.2) is 23.2 Å². The predicted octanol–water partition coefficient (Wildman–Crippen LogP) is 6.17. The van der Waals surface area contributed by atoms with Crippen LogP contribution in [0.2, 0.25) is 5.02 Å². The number of hydrogen-bond donors (Lipinski definition) is 1. The second-order valence-electron chi connectivity index (χ2n) is 7.78. The van der Waals surface area contributed by atoms with Gasteiger partial charge in [-0.2, -0.15) is 5.10 Å². The third-order valence-electron chi connectivity index (χ3n) is 5.31. The van der Waals surface area contributed by atoms with Crippen LogP contribution in [0.5, 0.6) is 5.75 Å². The maximum absolute atomic E-state index is 11.4. The quantitative estimate of drug-likeness (QED) is 0.259. The van der Waals surface area contributed by atoms with Crippen LogP contribution in [0.15, 0.2) is 90.0 Å².